The quantitative estimate of drug-likeness (QED) is 0.505. The first-order valence-corrected chi connectivity index (χ1v) is 12.7. The highest BCUT2D eigenvalue weighted by molar-refractivity contribution is 6.32. The maximum Gasteiger partial charge on any atom is 0.337 e. The van der Waals surface area contributed by atoms with E-state index in [1.54, 1.807) is 19.2 Å². The first-order chi connectivity index (χ1) is 17.0. The van der Waals surface area contributed by atoms with Crippen molar-refractivity contribution in [3.63, 3.8) is 0 Å². The van der Waals surface area contributed by atoms with Gasteiger partial charge in [0.25, 0.3) is 0 Å². The summed E-state index contributed by atoms with van der Waals surface area (Å²) in [6, 6.07) is 15.6. The fourth-order valence-corrected chi connectivity index (χ4v) is 5.95. The fraction of sp³-hybridized carbons (Fsp3) is 0.379. The second-order valence-corrected chi connectivity index (χ2v) is 10.0. The van der Waals surface area contributed by atoms with E-state index in [4.69, 9.17) is 21.1 Å². The van der Waals surface area contributed by atoms with Crippen molar-refractivity contribution in [2.75, 3.05) is 7.11 Å². The Hall–Kier alpha value is -3.05. The molecule has 0 spiro atoms. The van der Waals surface area contributed by atoms with Crippen LogP contribution in [0.1, 0.15) is 68.4 Å². The van der Waals surface area contributed by atoms with Gasteiger partial charge >= 0.3 is 5.97 Å². The number of halogens is 1. The Bertz CT molecular complexity index is 1210. The molecule has 0 unspecified atom stereocenters. The lowest BCUT2D eigenvalue weighted by Gasteiger charge is -2.37. The minimum absolute atomic E-state index is 0.0446. The summed E-state index contributed by atoms with van der Waals surface area (Å²) in [5, 5.41) is 3.86. The maximum atomic E-state index is 13.7. The molecular formula is C29H30ClNO4. The van der Waals surface area contributed by atoms with Crippen molar-refractivity contribution < 1.29 is 19.1 Å². The molecule has 2 aromatic rings. The van der Waals surface area contributed by atoms with Crippen LogP contribution in [-0.4, -0.2) is 25.0 Å². The van der Waals surface area contributed by atoms with E-state index in [1.807, 2.05) is 31.2 Å². The van der Waals surface area contributed by atoms with Gasteiger partial charge in [-0.15, -0.1) is 0 Å². The molecule has 3 aliphatic rings. The van der Waals surface area contributed by atoms with Gasteiger partial charge in [-0.25, -0.2) is 4.79 Å². The van der Waals surface area contributed by atoms with Crippen LogP contribution in [-0.2, 0) is 14.3 Å². The minimum Gasteiger partial charge on any atom is -0.495 e. The second-order valence-electron chi connectivity index (χ2n) is 9.63. The molecule has 0 radical (unpaired) electrons. The third-order valence-corrected chi connectivity index (χ3v) is 7.70. The van der Waals surface area contributed by atoms with E-state index in [0.29, 0.717) is 34.8 Å². The van der Waals surface area contributed by atoms with Crippen LogP contribution in [0.4, 0.5) is 0 Å². The molecule has 1 aliphatic heterocycles. The molecule has 2 atom stereocenters. The molecule has 182 valence electrons. The van der Waals surface area contributed by atoms with Gasteiger partial charge in [0.05, 0.1) is 17.7 Å². The predicted molar refractivity (Wildman–Crippen MR) is 135 cm³/mol. The molecule has 35 heavy (non-hydrogen) atoms. The van der Waals surface area contributed by atoms with Crippen LogP contribution < -0.4 is 10.1 Å². The number of nitrogens with one attached hydrogen (secondary N) is 1. The van der Waals surface area contributed by atoms with Crippen LogP contribution in [0.5, 0.6) is 5.75 Å². The van der Waals surface area contributed by atoms with E-state index in [0.717, 1.165) is 48.2 Å². The summed E-state index contributed by atoms with van der Waals surface area (Å²) in [4.78, 5) is 27.2. The number of hydrogen-bond donors (Lipinski definition) is 1. The van der Waals surface area contributed by atoms with E-state index >= 15 is 0 Å². The van der Waals surface area contributed by atoms with Crippen molar-refractivity contribution in [1.82, 2.24) is 5.32 Å². The van der Waals surface area contributed by atoms with Gasteiger partial charge in [0, 0.05) is 29.3 Å². The molecule has 0 aromatic heterocycles. The Balaban J connectivity index is 1.57. The summed E-state index contributed by atoms with van der Waals surface area (Å²) < 4.78 is 11.3. The van der Waals surface area contributed by atoms with Crippen LogP contribution in [0, 0.1) is 0 Å². The van der Waals surface area contributed by atoms with Gasteiger partial charge in [-0.05, 0) is 68.2 Å². The lowest BCUT2D eigenvalue weighted by molar-refractivity contribution is -0.144. The number of hydrogen-bond acceptors (Lipinski definition) is 5. The van der Waals surface area contributed by atoms with E-state index in [9.17, 15) is 9.59 Å². The van der Waals surface area contributed by atoms with E-state index in [1.165, 1.54) is 0 Å². The molecule has 1 saturated carbocycles. The molecule has 1 fully saturated rings. The average molecular weight is 492 g/mol. The standard InChI is InChI=1S/C29H30ClNO4/c1-17-26(29(33)35-21-10-6-7-11-21)27(19-12-13-25(34-2)22(30)14-19)28-23(31-17)15-20(16-24(28)32)18-8-4-3-5-9-18/h3-5,8-9,12-14,20-21,27,31H,6-7,10-11,15-16H2,1-2H3/t20-,27+/m1/s1. The molecule has 1 N–H and O–H groups in total. The lowest BCUT2D eigenvalue weighted by Crippen LogP contribution is -2.36. The number of carbonyl (C=O) groups excluding carboxylic acids is 2. The summed E-state index contributed by atoms with van der Waals surface area (Å²) in [7, 11) is 1.56. The van der Waals surface area contributed by atoms with Crippen molar-refractivity contribution in [1.29, 1.82) is 0 Å². The molecule has 2 aliphatic carbocycles. The highest BCUT2D eigenvalue weighted by atomic mass is 35.5. The summed E-state index contributed by atoms with van der Waals surface area (Å²) in [6.07, 6.45) is 4.94. The van der Waals surface area contributed by atoms with Crippen LogP contribution in [0.2, 0.25) is 5.02 Å². The summed E-state index contributed by atoms with van der Waals surface area (Å²) in [5.41, 5.74) is 4.67. The van der Waals surface area contributed by atoms with Crippen molar-refractivity contribution in [3.8, 4) is 5.75 Å². The number of allylic oxidation sites excluding steroid dienone is 3. The molecule has 1 heterocycles. The number of methoxy groups -OCH3 is 1. The third kappa shape index (κ3) is 4.62. The Morgan fingerprint density at radius 2 is 1.77 bits per heavy atom. The van der Waals surface area contributed by atoms with Gasteiger partial charge in [0.15, 0.2) is 5.78 Å². The number of benzene rings is 2. The summed E-state index contributed by atoms with van der Waals surface area (Å²) in [5.74, 6) is -0.206. The van der Waals surface area contributed by atoms with Gasteiger partial charge in [-0.3, -0.25) is 4.79 Å². The Morgan fingerprint density at radius 1 is 1.03 bits per heavy atom. The Kier molecular flexibility index (Phi) is 6.70. The molecule has 0 amide bonds. The fourth-order valence-electron chi connectivity index (χ4n) is 5.69. The topological polar surface area (TPSA) is 64.6 Å². The molecule has 0 bridgehead atoms. The number of carbonyl (C=O) groups is 2. The van der Waals surface area contributed by atoms with Gasteiger partial charge in [-0.2, -0.15) is 0 Å². The highest BCUT2D eigenvalue weighted by Gasteiger charge is 2.42. The molecule has 0 saturated heterocycles. The van der Waals surface area contributed by atoms with Gasteiger partial charge in [0.2, 0.25) is 0 Å². The molecule has 6 heteroatoms. The molecule has 2 aromatic carbocycles. The van der Waals surface area contributed by atoms with E-state index in [-0.39, 0.29) is 23.8 Å². The minimum atomic E-state index is -0.534. The van der Waals surface area contributed by atoms with Crippen molar-refractivity contribution in [2.45, 2.75) is 63.4 Å². The summed E-state index contributed by atoms with van der Waals surface area (Å²) in [6.45, 7) is 1.89. The Labute approximate surface area is 211 Å². The number of rotatable bonds is 5. The lowest BCUT2D eigenvalue weighted by atomic mass is 9.71. The number of esters is 1. The predicted octanol–water partition coefficient (Wildman–Crippen LogP) is 6.20. The van der Waals surface area contributed by atoms with Crippen LogP contribution in [0.15, 0.2) is 71.1 Å². The SMILES string of the molecule is COc1ccc([C@H]2C(C(=O)OC3CCCC3)=C(C)NC3=C2C(=O)C[C@H](c2ccccc2)C3)cc1Cl. The first-order valence-electron chi connectivity index (χ1n) is 12.3. The highest BCUT2D eigenvalue weighted by Crippen LogP contribution is 2.47. The van der Waals surface area contributed by atoms with E-state index in [2.05, 4.69) is 17.4 Å². The smallest absolute Gasteiger partial charge is 0.337 e. The van der Waals surface area contributed by atoms with Crippen molar-refractivity contribution in [3.05, 3.63) is 87.2 Å². The molecule has 5 rings (SSSR count). The molecular weight excluding hydrogens is 462 g/mol. The number of dihydropyridines is 1. The summed E-state index contributed by atoms with van der Waals surface area (Å²) >= 11 is 6.49. The van der Waals surface area contributed by atoms with Crippen LogP contribution in [0.3, 0.4) is 0 Å². The van der Waals surface area contributed by atoms with Crippen molar-refractivity contribution in [2.24, 2.45) is 0 Å². The van der Waals surface area contributed by atoms with E-state index < -0.39 is 5.92 Å². The van der Waals surface area contributed by atoms with Crippen molar-refractivity contribution >= 4 is 23.4 Å². The zero-order valence-electron chi connectivity index (χ0n) is 20.1. The van der Waals surface area contributed by atoms with Crippen LogP contribution >= 0.6 is 11.6 Å². The molecule has 5 nitrogen and oxygen atoms in total. The van der Waals surface area contributed by atoms with Gasteiger partial charge < -0.3 is 14.8 Å². The third-order valence-electron chi connectivity index (χ3n) is 7.40. The average Bonchev–Trinajstić information content (AvgIpc) is 3.36. The number of ether oxygens (including phenoxy) is 2. The number of ketones is 1. The number of Topliss-reactive ketones (excluding diaryl/α,β-unsaturated/α-hetero) is 1. The monoisotopic (exact) mass is 491 g/mol. The largest absolute Gasteiger partial charge is 0.495 e. The second kappa shape index (κ2) is 9.90. The Morgan fingerprint density at radius 3 is 2.46 bits per heavy atom. The van der Waals surface area contributed by atoms with Gasteiger partial charge in [0.1, 0.15) is 11.9 Å². The van der Waals surface area contributed by atoms with Gasteiger partial charge in [-0.1, -0.05) is 48.0 Å². The van der Waals surface area contributed by atoms with Crippen LogP contribution in [0.25, 0.3) is 0 Å². The maximum absolute atomic E-state index is 13.7. The zero-order chi connectivity index (χ0) is 24.5. The first kappa shape index (κ1) is 23.7. The normalized spacial score (nSPS) is 22.7. The zero-order valence-corrected chi connectivity index (χ0v) is 20.9.